The fourth-order valence-electron chi connectivity index (χ4n) is 2.01. The predicted octanol–water partition coefficient (Wildman–Crippen LogP) is 1.28. The number of hydrogen-bond donors (Lipinski definition) is 2. The minimum absolute atomic E-state index is 0.198. The number of ether oxygens (including phenoxy) is 3. The third-order valence-corrected chi connectivity index (χ3v) is 3.07. The van der Waals surface area contributed by atoms with Crippen LogP contribution in [0.2, 0.25) is 0 Å². The molecule has 5 heteroatoms. The number of rotatable bonds is 8. The van der Waals surface area contributed by atoms with Crippen molar-refractivity contribution in [3.8, 4) is 11.5 Å². The van der Waals surface area contributed by atoms with Crippen LogP contribution in [-0.4, -0.2) is 39.6 Å². The molecule has 0 fully saturated rings. The molecular weight excluding hydrogens is 246 g/mol. The van der Waals surface area contributed by atoms with E-state index in [2.05, 4.69) is 0 Å². The lowest BCUT2D eigenvalue weighted by molar-refractivity contribution is -0.0431. The molecule has 0 aliphatic rings. The Morgan fingerprint density at radius 2 is 1.68 bits per heavy atom. The van der Waals surface area contributed by atoms with Crippen LogP contribution in [0.15, 0.2) is 18.2 Å². The largest absolute Gasteiger partial charge is 0.497 e. The standard InChI is InChI=1S/C14H23NO4/c1-17-10-14(16,5-4-6-15)11-7-12(18-2)9-13(8-11)19-3/h7-9,16H,4-6,10,15H2,1-3H3. The van der Waals surface area contributed by atoms with E-state index in [0.29, 0.717) is 36.4 Å². The van der Waals surface area contributed by atoms with Crippen LogP contribution in [0.1, 0.15) is 18.4 Å². The fourth-order valence-corrected chi connectivity index (χ4v) is 2.01. The zero-order valence-electron chi connectivity index (χ0n) is 11.8. The zero-order valence-corrected chi connectivity index (χ0v) is 11.8. The van der Waals surface area contributed by atoms with E-state index in [1.54, 1.807) is 39.5 Å². The molecule has 0 saturated carbocycles. The van der Waals surface area contributed by atoms with Crippen LogP contribution >= 0.6 is 0 Å². The van der Waals surface area contributed by atoms with E-state index in [9.17, 15) is 5.11 Å². The average molecular weight is 269 g/mol. The van der Waals surface area contributed by atoms with E-state index in [-0.39, 0.29) is 6.61 Å². The van der Waals surface area contributed by atoms with Gasteiger partial charge in [0.05, 0.1) is 20.8 Å². The maximum absolute atomic E-state index is 10.8. The molecule has 108 valence electrons. The molecule has 0 aliphatic carbocycles. The Labute approximate surface area is 114 Å². The van der Waals surface area contributed by atoms with Crippen LogP contribution in [0.25, 0.3) is 0 Å². The van der Waals surface area contributed by atoms with Crippen molar-refractivity contribution in [2.24, 2.45) is 5.73 Å². The second-order valence-electron chi connectivity index (χ2n) is 4.46. The summed E-state index contributed by atoms with van der Waals surface area (Å²) in [5, 5.41) is 10.8. The quantitative estimate of drug-likeness (QED) is 0.743. The Hall–Kier alpha value is -1.30. The third kappa shape index (κ3) is 4.09. The van der Waals surface area contributed by atoms with Gasteiger partial charge in [0.15, 0.2) is 0 Å². The number of aliphatic hydroxyl groups is 1. The van der Waals surface area contributed by atoms with E-state index in [4.69, 9.17) is 19.9 Å². The minimum Gasteiger partial charge on any atom is -0.497 e. The maximum Gasteiger partial charge on any atom is 0.122 e. The van der Waals surface area contributed by atoms with Gasteiger partial charge in [-0.1, -0.05) is 0 Å². The Morgan fingerprint density at radius 1 is 1.11 bits per heavy atom. The molecule has 19 heavy (non-hydrogen) atoms. The van der Waals surface area contributed by atoms with E-state index < -0.39 is 5.60 Å². The first kappa shape index (κ1) is 15.8. The van der Waals surface area contributed by atoms with E-state index in [1.165, 1.54) is 0 Å². The third-order valence-electron chi connectivity index (χ3n) is 3.07. The predicted molar refractivity (Wildman–Crippen MR) is 73.6 cm³/mol. The summed E-state index contributed by atoms with van der Waals surface area (Å²) >= 11 is 0. The summed E-state index contributed by atoms with van der Waals surface area (Å²) in [5.41, 5.74) is 5.14. The van der Waals surface area contributed by atoms with Gasteiger partial charge in [-0.3, -0.25) is 0 Å². The molecule has 0 spiro atoms. The Bertz CT molecular complexity index is 375. The molecule has 0 bridgehead atoms. The zero-order chi connectivity index (χ0) is 14.3. The van der Waals surface area contributed by atoms with Crippen molar-refractivity contribution >= 4 is 0 Å². The van der Waals surface area contributed by atoms with Crippen LogP contribution in [0.3, 0.4) is 0 Å². The topological polar surface area (TPSA) is 73.9 Å². The van der Waals surface area contributed by atoms with Crippen molar-refractivity contribution in [1.29, 1.82) is 0 Å². The van der Waals surface area contributed by atoms with Gasteiger partial charge >= 0.3 is 0 Å². The lowest BCUT2D eigenvalue weighted by Crippen LogP contribution is -2.32. The van der Waals surface area contributed by atoms with Crippen molar-refractivity contribution in [3.05, 3.63) is 23.8 Å². The second-order valence-corrected chi connectivity index (χ2v) is 4.46. The van der Waals surface area contributed by atoms with Crippen molar-refractivity contribution in [1.82, 2.24) is 0 Å². The Kier molecular flexibility index (Phi) is 6.08. The summed E-state index contributed by atoms with van der Waals surface area (Å²) < 4.78 is 15.6. The molecule has 0 radical (unpaired) electrons. The monoisotopic (exact) mass is 269 g/mol. The van der Waals surface area contributed by atoms with Gasteiger partial charge in [-0.15, -0.1) is 0 Å². The normalized spacial score (nSPS) is 13.9. The number of hydrogen-bond acceptors (Lipinski definition) is 5. The first-order valence-corrected chi connectivity index (χ1v) is 6.24. The van der Waals surface area contributed by atoms with Crippen molar-refractivity contribution in [2.75, 3.05) is 34.5 Å². The van der Waals surface area contributed by atoms with Crippen LogP contribution in [0.5, 0.6) is 11.5 Å². The number of nitrogens with two attached hydrogens (primary N) is 1. The molecule has 0 amide bonds. The summed E-state index contributed by atoms with van der Waals surface area (Å²) in [6.45, 7) is 0.719. The van der Waals surface area contributed by atoms with Crippen LogP contribution in [0.4, 0.5) is 0 Å². The van der Waals surface area contributed by atoms with Gasteiger partial charge in [-0.2, -0.15) is 0 Å². The van der Waals surface area contributed by atoms with Gasteiger partial charge in [-0.05, 0) is 37.1 Å². The van der Waals surface area contributed by atoms with E-state index in [1.807, 2.05) is 0 Å². The molecule has 1 rings (SSSR count). The van der Waals surface area contributed by atoms with Gasteiger partial charge in [0, 0.05) is 13.2 Å². The molecule has 3 N–H and O–H groups in total. The molecular formula is C14H23NO4. The molecule has 5 nitrogen and oxygen atoms in total. The van der Waals surface area contributed by atoms with Crippen LogP contribution < -0.4 is 15.2 Å². The molecule has 0 aliphatic heterocycles. The van der Waals surface area contributed by atoms with Crippen molar-refractivity contribution in [3.63, 3.8) is 0 Å². The highest BCUT2D eigenvalue weighted by Crippen LogP contribution is 2.33. The summed E-state index contributed by atoms with van der Waals surface area (Å²) in [5.74, 6) is 1.27. The fraction of sp³-hybridized carbons (Fsp3) is 0.571. The van der Waals surface area contributed by atoms with Gasteiger partial charge < -0.3 is 25.1 Å². The first-order chi connectivity index (χ1) is 9.09. The lowest BCUT2D eigenvalue weighted by atomic mass is 9.89. The van der Waals surface area contributed by atoms with Gasteiger partial charge in [-0.25, -0.2) is 0 Å². The summed E-state index contributed by atoms with van der Waals surface area (Å²) in [4.78, 5) is 0. The van der Waals surface area contributed by atoms with E-state index >= 15 is 0 Å². The number of methoxy groups -OCH3 is 3. The number of benzene rings is 1. The summed E-state index contributed by atoms with van der Waals surface area (Å²) in [6, 6.07) is 5.34. The lowest BCUT2D eigenvalue weighted by Gasteiger charge is -2.28. The van der Waals surface area contributed by atoms with Gasteiger partial charge in [0.25, 0.3) is 0 Å². The average Bonchev–Trinajstić information content (AvgIpc) is 2.44. The van der Waals surface area contributed by atoms with E-state index in [0.717, 1.165) is 0 Å². The highest BCUT2D eigenvalue weighted by molar-refractivity contribution is 5.41. The van der Waals surface area contributed by atoms with Gasteiger partial charge in [0.2, 0.25) is 0 Å². The molecule has 0 aromatic heterocycles. The molecule has 0 heterocycles. The summed E-state index contributed by atoms with van der Waals surface area (Å²) in [7, 11) is 4.71. The van der Waals surface area contributed by atoms with Crippen molar-refractivity contribution in [2.45, 2.75) is 18.4 Å². The van der Waals surface area contributed by atoms with Crippen LogP contribution in [0, 0.1) is 0 Å². The molecule has 1 aromatic carbocycles. The second kappa shape index (κ2) is 7.33. The molecule has 0 saturated heterocycles. The SMILES string of the molecule is COCC(O)(CCCN)c1cc(OC)cc(OC)c1. The first-order valence-electron chi connectivity index (χ1n) is 6.24. The maximum atomic E-state index is 10.8. The Balaban J connectivity index is 3.12. The highest BCUT2D eigenvalue weighted by atomic mass is 16.5. The van der Waals surface area contributed by atoms with Gasteiger partial charge in [0.1, 0.15) is 17.1 Å². The molecule has 1 atom stereocenters. The molecule has 1 unspecified atom stereocenters. The minimum atomic E-state index is -1.09. The Morgan fingerprint density at radius 3 is 2.11 bits per heavy atom. The van der Waals surface area contributed by atoms with Crippen molar-refractivity contribution < 1.29 is 19.3 Å². The molecule has 1 aromatic rings. The van der Waals surface area contributed by atoms with Crippen LogP contribution in [-0.2, 0) is 10.3 Å². The highest BCUT2D eigenvalue weighted by Gasteiger charge is 2.30. The summed E-state index contributed by atoms with van der Waals surface area (Å²) in [6.07, 6.45) is 1.23. The smallest absolute Gasteiger partial charge is 0.122 e.